The molecule has 8 nitrogen and oxygen atoms in total. The van der Waals surface area contributed by atoms with E-state index in [-0.39, 0.29) is 24.3 Å². The van der Waals surface area contributed by atoms with Crippen LogP contribution < -0.4 is 4.74 Å². The predicted octanol–water partition coefficient (Wildman–Crippen LogP) is 1.08. The van der Waals surface area contributed by atoms with E-state index in [0.717, 1.165) is 5.56 Å². The van der Waals surface area contributed by atoms with Crippen LogP contribution in [0.3, 0.4) is 0 Å². The minimum absolute atomic E-state index is 0.00773. The SMILES string of the molecule is COC(=O)c1ccc2c(c1)OC(C(=O)N(C)C)CN(C(=O)C1CCOCC1)C2. The Bertz CT molecular complexity index is 757. The fourth-order valence-corrected chi connectivity index (χ4v) is 3.49. The van der Waals surface area contributed by atoms with Crippen molar-refractivity contribution in [2.24, 2.45) is 5.92 Å². The van der Waals surface area contributed by atoms with Crippen molar-refractivity contribution in [3.63, 3.8) is 0 Å². The van der Waals surface area contributed by atoms with Crippen LogP contribution in [-0.2, 0) is 25.6 Å². The summed E-state index contributed by atoms with van der Waals surface area (Å²) in [5, 5.41) is 0. The molecule has 2 amide bonds. The van der Waals surface area contributed by atoms with E-state index in [2.05, 4.69) is 0 Å². The third-order valence-electron chi connectivity index (χ3n) is 5.10. The number of nitrogens with zero attached hydrogens (tertiary/aromatic N) is 2. The number of benzene rings is 1. The Hall–Kier alpha value is -2.61. The molecule has 1 atom stereocenters. The smallest absolute Gasteiger partial charge is 0.337 e. The molecule has 1 aromatic rings. The molecule has 0 N–H and O–H groups in total. The lowest BCUT2D eigenvalue weighted by Crippen LogP contribution is -2.47. The van der Waals surface area contributed by atoms with Crippen molar-refractivity contribution >= 4 is 17.8 Å². The van der Waals surface area contributed by atoms with Gasteiger partial charge in [0.1, 0.15) is 5.75 Å². The van der Waals surface area contributed by atoms with Crippen molar-refractivity contribution in [2.45, 2.75) is 25.5 Å². The van der Waals surface area contributed by atoms with E-state index in [0.29, 0.717) is 43.9 Å². The van der Waals surface area contributed by atoms with Crippen molar-refractivity contribution in [1.29, 1.82) is 0 Å². The summed E-state index contributed by atoms with van der Waals surface area (Å²) in [7, 11) is 4.60. The highest BCUT2D eigenvalue weighted by Crippen LogP contribution is 2.29. The summed E-state index contributed by atoms with van der Waals surface area (Å²) >= 11 is 0. The molecular formula is C20H26N2O6. The van der Waals surface area contributed by atoms with Gasteiger partial charge in [-0.3, -0.25) is 9.59 Å². The first-order valence-corrected chi connectivity index (χ1v) is 9.36. The number of carbonyl (C=O) groups is 3. The van der Waals surface area contributed by atoms with Gasteiger partial charge in [-0.05, 0) is 25.0 Å². The minimum Gasteiger partial charge on any atom is -0.478 e. The summed E-state index contributed by atoms with van der Waals surface area (Å²) in [5.74, 6) is -0.402. The second kappa shape index (κ2) is 8.60. The van der Waals surface area contributed by atoms with Gasteiger partial charge in [-0.2, -0.15) is 0 Å². The van der Waals surface area contributed by atoms with E-state index in [1.54, 1.807) is 37.2 Å². The molecule has 1 aromatic carbocycles. The number of methoxy groups -OCH3 is 1. The number of carbonyl (C=O) groups excluding carboxylic acids is 3. The van der Waals surface area contributed by atoms with Crippen LogP contribution in [0, 0.1) is 5.92 Å². The Morgan fingerprint density at radius 3 is 2.54 bits per heavy atom. The standard InChI is InChI=1S/C20H26N2O6/c1-21(2)19(24)17-12-22(18(23)13-6-8-27-9-7-13)11-15-5-4-14(20(25)26-3)10-16(15)28-17/h4-5,10,13,17H,6-9,11-12H2,1-3H3. The second-order valence-corrected chi connectivity index (χ2v) is 7.26. The van der Waals surface area contributed by atoms with Gasteiger partial charge in [0.05, 0.1) is 19.2 Å². The maximum Gasteiger partial charge on any atom is 0.337 e. The molecule has 1 unspecified atom stereocenters. The monoisotopic (exact) mass is 390 g/mol. The van der Waals surface area contributed by atoms with Crippen LogP contribution in [0.5, 0.6) is 5.75 Å². The van der Waals surface area contributed by atoms with Gasteiger partial charge in [0.15, 0.2) is 6.10 Å². The number of amides is 2. The third-order valence-corrected chi connectivity index (χ3v) is 5.10. The van der Waals surface area contributed by atoms with Crippen molar-refractivity contribution in [1.82, 2.24) is 9.80 Å². The van der Waals surface area contributed by atoms with Crippen LogP contribution in [0.4, 0.5) is 0 Å². The lowest BCUT2D eigenvalue weighted by atomic mass is 9.98. The molecular weight excluding hydrogens is 364 g/mol. The number of hydrogen-bond acceptors (Lipinski definition) is 6. The first-order chi connectivity index (χ1) is 13.4. The van der Waals surface area contributed by atoms with Gasteiger partial charge in [0, 0.05) is 45.3 Å². The first kappa shape index (κ1) is 20.1. The number of likely N-dealkylation sites (N-methyl/N-ethyl adjacent to an activating group) is 1. The fraction of sp³-hybridized carbons (Fsp3) is 0.550. The Labute approximate surface area is 164 Å². The minimum atomic E-state index is -0.840. The molecule has 0 aliphatic carbocycles. The quantitative estimate of drug-likeness (QED) is 0.718. The summed E-state index contributed by atoms with van der Waals surface area (Å²) in [6, 6.07) is 4.95. The normalized spacial score (nSPS) is 19.8. The molecule has 152 valence electrons. The Balaban J connectivity index is 1.91. The highest BCUT2D eigenvalue weighted by Gasteiger charge is 2.35. The molecule has 2 aliphatic heterocycles. The van der Waals surface area contributed by atoms with Crippen LogP contribution in [0.15, 0.2) is 18.2 Å². The predicted molar refractivity (Wildman–Crippen MR) is 99.9 cm³/mol. The Kier molecular flexibility index (Phi) is 6.18. The molecule has 1 saturated heterocycles. The molecule has 1 fully saturated rings. The number of esters is 1. The van der Waals surface area contributed by atoms with Crippen LogP contribution in [0.2, 0.25) is 0 Å². The molecule has 28 heavy (non-hydrogen) atoms. The molecule has 2 heterocycles. The van der Waals surface area contributed by atoms with Gasteiger partial charge in [-0.1, -0.05) is 6.07 Å². The van der Waals surface area contributed by atoms with Gasteiger partial charge >= 0.3 is 5.97 Å². The van der Waals surface area contributed by atoms with Gasteiger partial charge < -0.3 is 24.0 Å². The zero-order valence-electron chi connectivity index (χ0n) is 16.5. The van der Waals surface area contributed by atoms with Crippen LogP contribution in [-0.4, -0.2) is 74.7 Å². The molecule has 0 bridgehead atoms. The third kappa shape index (κ3) is 4.27. The van der Waals surface area contributed by atoms with Crippen molar-refractivity contribution in [2.75, 3.05) is 41.0 Å². The van der Waals surface area contributed by atoms with Crippen LogP contribution in [0.25, 0.3) is 0 Å². The molecule has 2 aliphatic rings. The summed E-state index contributed by atoms with van der Waals surface area (Å²) in [6.07, 6.45) is 0.515. The van der Waals surface area contributed by atoms with Crippen LogP contribution in [0.1, 0.15) is 28.8 Å². The van der Waals surface area contributed by atoms with Gasteiger partial charge in [-0.25, -0.2) is 4.79 Å². The molecule has 0 radical (unpaired) electrons. The number of rotatable bonds is 3. The topological polar surface area (TPSA) is 85.4 Å². The van der Waals surface area contributed by atoms with E-state index in [1.807, 2.05) is 0 Å². The van der Waals surface area contributed by atoms with Gasteiger partial charge in [0.2, 0.25) is 5.91 Å². The summed E-state index contributed by atoms with van der Waals surface area (Å²) in [6.45, 7) is 1.62. The number of ether oxygens (including phenoxy) is 3. The van der Waals surface area contributed by atoms with E-state index in [9.17, 15) is 14.4 Å². The zero-order valence-corrected chi connectivity index (χ0v) is 16.5. The molecule has 0 aromatic heterocycles. The highest BCUT2D eigenvalue weighted by atomic mass is 16.5. The lowest BCUT2D eigenvalue weighted by molar-refractivity contribution is -0.143. The average Bonchev–Trinajstić information content (AvgIpc) is 2.91. The van der Waals surface area contributed by atoms with E-state index < -0.39 is 12.1 Å². The molecule has 0 saturated carbocycles. The van der Waals surface area contributed by atoms with Crippen molar-refractivity contribution in [3.05, 3.63) is 29.3 Å². The van der Waals surface area contributed by atoms with Crippen molar-refractivity contribution < 1.29 is 28.6 Å². The lowest BCUT2D eigenvalue weighted by Gasteiger charge is -2.30. The molecule has 8 heteroatoms. The molecule has 0 spiro atoms. The summed E-state index contributed by atoms with van der Waals surface area (Å²) < 4.78 is 16.1. The van der Waals surface area contributed by atoms with Crippen LogP contribution >= 0.6 is 0 Å². The first-order valence-electron chi connectivity index (χ1n) is 9.36. The highest BCUT2D eigenvalue weighted by molar-refractivity contribution is 5.90. The summed E-state index contributed by atoms with van der Waals surface area (Å²) in [4.78, 5) is 40.7. The van der Waals surface area contributed by atoms with Gasteiger partial charge in [0.25, 0.3) is 5.91 Å². The van der Waals surface area contributed by atoms with E-state index >= 15 is 0 Å². The average molecular weight is 390 g/mol. The van der Waals surface area contributed by atoms with E-state index in [1.165, 1.54) is 12.0 Å². The maximum atomic E-state index is 13.1. The molecule has 3 rings (SSSR count). The summed E-state index contributed by atoms with van der Waals surface area (Å²) in [5.41, 5.74) is 1.09. The fourth-order valence-electron chi connectivity index (χ4n) is 3.49. The largest absolute Gasteiger partial charge is 0.478 e. The Morgan fingerprint density at radius 2 is 1.89 bits per heavy atom. The maximum absolute atomic E-state index is 13.1. The van der Waals surface area contributed by atoms with E-state index in [4.69, 9.17) is 14.2 Å². The zero-order chi connectivity index (χ0) is 20.3. The van der Waals surface area contributed by atoms with Crippen molar-refractivity contribution in [3.8, 4) is 5.75 Å². The van der Waals surface area contributed by atoms with Gasteiger partial charge in [-0.15, -0.1) is 0 Å². The number of hydrogen-bond donors (Lipinski definition) is 0. The Morgan fingerprint density at radius 1 is 1.18 bits per heavy atom. The number of fused-ring (bicyclic) bond motifs is 1. The second-order valence-electron chi connectivity index (χ2n) is 7.26.